The van der Waals surface area contributed by atoms with Crippen LogP contribution in [0.5, 0.6) is 0 Å². The Balaban J connectivity index is 1.48. The lowest BCUT2D eigenvalue weighted by Crippen LogP contribution is -2.71. The third kappa shape index (κ3) is 3.23. The largest absolute Gasteiger partial charge is 0.394 e. The second-order valence-corrected chi connectivity index (χ2v) is 7.76. The number of anilines is 2. The summed E-state index contributed by atoms with van der Waals surface area (Å²) in [5, 5.41) is 13.0. The predicted octanol–water partition coefficient (Wildman–Crippen LogP) is 3.10. The normalized spacial score (nSPS) is 21.5. The van der Waals surface area contributed by atoms with Crippen LogP contribution in [0.4, 0.5) is 16.2 Å². The zero-order valence-electron chi connectivity index (χ0n) is 16.8. The molecule has 2 aromatic carbocycles. The quantitative estimate of drug-likeness (QED) is 0.690. The highest BCUT2D eigenvalue weighted by molar-refractivity contribution is 6.03. The average molecular weight is 414 g/mol. The molecule has 2 aliphatic rings. The first-order valence-electron chi connectivity index (χ1n) is 10.2. The maximum Gasteiger partial charge on any atom is 0.326 e. The van der Waals surface area contributed by atoms with Crippen molar-refractivity contribution < 1.29 is 14.7 Å². The Morgan fingerprint density at radius 1 is 1.03 bits per heavy atom. The van der Waals surface area contributed by atoms with Crippen LogP contribution in [0.2, 0.25) is 0 Å². The number of likely N-dealkylation sites (tertiary alicyclic amines) is 1. The molecule has 1 saturated heterocycles. The summed E-state index contributed by atoms with van der Waals surface area (Å²) in [6, 6.07) is 19.6. The van der Waals surface area contributed by atoms with E-state index in [1.54, 1.807) is 28.1 Å². The van der Waals surface area contributed by atoms with Gasteiger partial charge in [-0.15, -0.1) is 0 Å². The second-order valence-electron chi connectivity index (χ2n) is 7.76. The van der Waals surface area contributed by atoms with Gasteiger partial charge in [0.05, 0.1) is 24.3 Å². The van der Waals surface area contributed by atoms with Crippen LogP contribution in [0, 0.1) is 0 Å². The van der Waals surface area contributed by atoms with Crippen molar-refractivity contribution in [3.05, 3.63) is 90.3 Å². The number of carbonyl (C=O) groups excluding carboxylic acids is 2. The van der Waals surface area contributed by atoms with Crippen molar-refractivity contribution in [2.75, 3.05) is 23.4 Å². The van der Waals surface area contributed by atoms with Gasteiger partial charge in [0.2, 0.25) is 0 Å². The van der Waals surface area contributed by atoms with E-state index < -0.39 is 0 Å². The Labute approximate surface area is 179 Å². The fraction of sp³-hybridized carbons (Fsp3) is 0.208. The number of aliphatic hydroxyl groups is 1. The lowest BCUT2D eigenvalue weighted by Gasteiger charge is -2.58. The van der Waals surface area contributed by atoms with E-state index in [1.807, 2.05) is 54.6 Å². The number of aromatic nitrogens is 1. The summed E-state index contributed by atoms with van der Waals surface area (Å²) in [5.74, 6) is -0.209. The molecule has 5 rings (SSSR count). The summed E-state index contributed by atoms with van der Waals surface area (Å²) in [6.07, 6.45) is 3.15. The third-order valence-corrected chi connectivity index (χ3v) is 6.10. The molecule has 0 saturated carbocycles. The van der Waals surface area contributed by atoms with Crippen LogP contribution >= 0.6 is 0 Å². The van der Waals surface area contributed by atoms with Gasteiger partial charge in [-0.3, -0.25) is 14.7 Å². The van der Waals surface area contributed by atoms with Crippen molar-refractivity contribution in [2.45, 2.75) is 18.0 Å². The van der Waals surface area contributed by atoms with Crippen molar-refractivity contribution >= 4 is 23.3 Å². The van der Waals surface area contributed by atoms with Gasteiger partial charge in [0, 0.05) is 36.2 Å². The first-order chi connectivity index (χ1) is 15.2. The van der Waals surface area contributed by atoms with Gasteiger partial charge in [-0.05, 0) is 35.9 Å². The van der Waals surface area contributed by atoms with Crippen LogP contribution in [-0.2, 0) is 0 Å². The zero-order valence-corrected chi connectivity index (χ0v) is 16.8. The molecule has 0 radical (unpaired) electrons. The first-order valence-corrected chi connectivity index (χ1v) is 10.2. The Morgan fingerprint density at radius 2 is 1.81 bits per heavy atom. The van der Waals surface area contributed by atoms with E-state index in [-0.39, 0.29) is 36.5 Å². The molecular weight excluding hydrogens is 392 g/mol. The number of hydrogen-bond donors (Lipinski definition) is 2. The number of rotatable bonds is 3. The smallest absolute Gasteiger partial charge is 0.326 e. The summed E-state index contributed by atoms with van der Waals surface area (Å²) in [5.41, 5.74) is 2.95. The third-order valence-electron chi connectivity index (χ3n) is 6.10. The molecule has 3 heterocycles. The highest BCUT2D eigenvalue weighted by Crippen LogP contribution is 2.48. The standard InChI is InChI=1S/C24H22N4O3/c29-15-21-22-18-10-4-5-11-19(18)27(24(31)26-17-8-2-1-3-9-17)14-20(22)28(21)23(30)16-7-6-12-25-13-16/h1-13,20-22,29H,14-15H2,(H,26,31)/t20-,21-,22+/m0/s1. The second kappa shape index (κ2) is 7.85. The maximum absolute atomic E-state index is 13.2. The van der Waals surface area contributed by atoms with Gasteiger partial charge in [-0.25, -0.2) is 4.79 Å². The van der Waals surface area contributed by atoms with E-state index in [4.69, 9.17) is 0 Å². The van der Waals surface area contributed by atoms with E-state index in [0.717, 1.165) is 11.3 Å². The summed E-state index contributed by atoms with van der Waals surface area (Å²) < 4.78 is 0. The molecule has 0 aliphatic carbocycles. The minimum atomic E-state index is -0.335. The number of urea groups is 1. The summed E-state index contributed by atoms with van der Waals surface area (Å²) in [7, 11) is 0. The molecule has 3 aromatic rings. The van der Waals surface area contributed by atoms with Crippen molar-refractivity contribution in [1.29, 1.82) is 0 Å². The minimum Gasteiger partial charge on any atom is -0.394 e. The molecule has 1 aromatic heterocycles. The molecule has 7 nitrogen and oxygen atoms in total. The minimum absolute atomic E-state index is 0.0254. The van der Waals surface area contributed by atoms with Crippen LogP contribution in [0.15, 0.2) is 79.1 Å². The number of para-hydroxylation sites is 2. The summed E-state index contributed by atoms with van der Waals surface area (Å²) >= 11 is 0. The zero-order chi connectivity index (χ0) is 21.4. The average Bonchev–Trinajstić information content (AvgIpc) is 2.80. The van der Waals surface area contributed by atoms with Gasteiger partial charge >= 0.3 is 6.03 Å². The summed E-state index contributed by atoms with van der Waals surface area (Å²) in [6.45, 7) is 0.209. The fourth-order valence-electron chi connectivity index (χ4n) is 4.71. The molecule has 2 N–H and O–H groups in total. The van der Waals surface area contributed by atoms with Crippen molar-refractivity contribution in [3.8, 4) is 0 Å². The number of amides is 3. The van der Waals surface area contributed by atoms with Crippen molar-refractivity contribution in [2.24, 2.45) is 0 Å². The van der Waals surface area contributed by atoms with E-state index >= 15 is 0 Å². The lowest BCUT2D eigenvalue weighted by atomic mass is 9.71. The Kier molecular flexibility index (Phi) is 4.88. The molecule has 0 unspecified atom stereocenters. The molecule has 156 valence electrons. The molecule has 7 heteroatoms. The summed E-state index contributed by atoms with van der Waals surface area (Å²) in [4.78, 5) is 33.8. The predicted molar refractivity (Wildman–Crippen MR) is 117 cm³/mol. The van der Waals surface area contributed by atoms with E-state index in [9.17, 15) is 14.7 Å². The van der Waals surface area contributed by atoms with Gasteiger partial charge in [-0.1, -0.05) is 36.4 Å². The van der Waals surface area contributed by atoms with E-state index in [0.29, 0.717) is 17.8 Å². The number of nitrogens with zero attached hydrogens (tertiary/aromatic N) is 3. The van der Waals surface area contributed by atoms with Gasteiger partial charge in [-0.2, -0.15) is 0 Å². The Morgan fingerprint density at radius 3 is 2.55 bits per heavy atom. The van der Waals surface area contributed by atoms with Crippen molar-refractivity contribution in [3.63, 3.8) is 0 Å². The number of carbonyl (C=O) groups is 2. The Hall–Kier alpha value is -3.71. The monoisotopic (exact) mass is 414 g/mol. The molecule has 3 amide bonds. The molecule has 0 spiro atoms. The first kappa shape index (κ1) is 19.3. The number of aliphatic hydroxyl groups excluding tert-OH is 1. The number of pyridine rings is 1. The van der Waals surface area contributed by atoms with E-state index in [1.165, 1.54) is 6.20 Å². The van der Waals surface area contributed by atoms with Gasteiger partial charge in [0.25, 0.3) is 5.91 Å². The molecule has 2 aliphatic heterocycles. The van der Waals surface area contributed by atoms with Crippen LogP contribution in [0.1, 0.15) is 21.8 Å². The van der Waals surface area contributed by atoms with Crippen LogP contribution < -0.4 is 10.2 Å². The SMILES string of the molecule is O=C(Nc1ccccc1)N1C[C@H]2[C@@H](c3ccccc31)[C@H](CO)N2C(=O)c1cccnc1. The molecular formula is C24H22N4O3. The van der Waals surface area contributed by atoms with Gasteiger partial charge < -0.3 is 15.3 Å². The number of benzene rings is 2. The number of fused-ring (bicyclic) bond motifs is 3. The highest BCUT2D eigenvalue weighted by Gasteiger charge is 2.55. The highest BCUT2D eigenvalue weighted by atomic mass is 16.3. The lowest BCUT2D eigenvalue weighted by molar-refractivity contribution is -0.0241. The maximum atomic E-state index is 13.2. The Bertz CT molecular complexity index is 1110. The topological polar surface area (TPSA) is 85.8 Å². The van der Waals surface area contributed by atoms with Crippen LogP contribution in [0.3, 0.4) is 0 Å². The molecule has 1 fully saturated rings. The van der Waals surface area contributed by atoms with Crippen molar-refractivity contribution in [1.82, 2.24) is 9.88 Å². The van der Waals surface area contributed by atoms with Gasteiger partial charge in [0.1, 0.15) is 0 Å². The van der Waals surface area contributed by atoms with Gasteiger partial charge in [0.15, 0.2) is 0 Å². The fourth-order valence-corrected chi connectivity index (χ4v) is 4.71. The molecule has 3 atom stereocenters. The number of nitrogens with one attached hydrogen (secondary N) is 1. The number of hydrogen-bond acceptors (Lipinski definition) is 4. The van der Waals surface area contributed by atoms with Crippen LogP contribution in [0.25, 0.3) is 0 Å². The van der Waals surface area contributed by atoms with Crippen LogP contribution in [-0.4, -0.2) is 52.2 Å². The van der Waals surface area contributed by atoms with E-state index in [2.05, 4.69) is 10.3 Å². The molecule has 0 bridgehead atoms. The molecule has 31 heavy (non-hydrogen) atoms.